The molecular weight excluding hydrogens is 436 g/mol. The zero-order valence-corrected chi connectivity index (χ0v) is 24.1. The van der Waals surface area contributed by atoms with E-state index >= 15 is 0 Å². The van der Waals surface area contributed by atoms with Gasteiger partial charge in [0.15, 0.2) is 0 Å². The first-order valence-electron chi connectivity index (χ1n) is 15.2. The number of hydrogen-bond acceptors (Lipinski definition) is 4. The molecule has 0 N–H and O–H groups in total. The van der Waals surface area contributed by atoms with Crippen LogP contribution < -0.4 is 0 Å². The highest BCUT2D eigenvalue weighted by atomic mass is 16.5. The lowest BCUT2D eigenvalue weighted by Gasteiger charge is -2.17. The standard InChI is InChI=1S/C31H60O4/c1-5-6-7-8-9-10-11-12-13-14-15-18-21-24-27-34-29(32)25-22-19-16-17-20-23-26-30(33)35-28-31(2,3)4/h5-28H2,1-4H3. The van der Waals surface area contributed by atoms with Gasteiger partial charge in [0.2, 0.25) is 0 Å². The first-order valence-corrected chi connectivity index (χ1v) is 15.2. The van der Waals surface area contributed by atoms with E-state index in [0.717, 1.165) is 44.9 Å². The Labute approximate surface area is 218 Å². The van der Waals surface area contributed by atoms with Gasteiger partial charge in [-0.15, -0.1) is 0 Å². The molecule has 4 heteroatoms. The van der Waals surface area contributed by atoms with E-state index in [9.17, 15) is 9.59 Å². The molecule has 4 nitrogen and oxygen atoms in total. The lowest BCUT2D eigenvalue weighted by Crippen LogP contribution is -2.18. The average molecular weight is 497 g/mol. The van der Waals surface area contributed by atoms with E-state index in [1.54, 1.807) is 0 Å². The van der Waals surface area contributed by atoms with E-state index in [1.807, 2.05) is 0 Å². The summed E-state index contributed by atoms with van der Waals surface area (Å²) < 4.78 is 10.7. The van der Waals surface area contributed by atoms with Crippen molar-refractivity contribution in [3.8, 4) is 0 Å². The summed E-state index contributed by atoms with van der Waals surface area (Å²) in [4.78, 5) is 23.5. The monoisotopic (exact) mass is 496 g/mol. The Kier molecular flexibility index (Phi) is 23.9. The fourth-order valence-corrected chi connectivity index (χ4v) is 4.17. The number of carbonyl (C=O) groups excluding carboxylic acids is 2. The summed E-state index contributed by atoms with van der Waals surface area (Å²) in [6.45, 7) is 9.55. The van der Waals surface area contributed by atoms with Crippen molar-refractivity contribution >= 4 is 11.9 Å². The van der Waals surface area contributed by atoms with Crippen LogP contribution in [0.4, 0.5) is 0 Å². The zero-order valence-electron chi connectivity index (χ0n) is 24.1. The van der Waals surface area contributed by atoms with E-state index in [2.05, 4.69) is 27.7 Å². The van der Waals surface area contributed by atoms with Crippen LogP contribution in [0.1, 0.15) is 169 Å². The number of esters is 2. The molecule has 0 unspecified atom stereocenters. The van der Waals surface area contributed by atoms with Crippen LogP contribution in [0.3, 0.4) is 0 Å². The Balaban J connectivity index is 3.26. The molecule has 0 radical (unpaired) electrons. The van der Waals surface area contributed by atoms with Crippen molar-refractivity contribution in [1.82, 2.24) is 0 Å². The summed E-state index contributed by atoms with van der Waals surface area (Å²) in [5.41, 5.74) is 0.0307. The molecule has 0 heterocycles. The molecule has 0 aliphatic carbocycles. The fraction of sp³-hybridized carbons (Fsp3) is 0.935. The molecule has 0 amide bonds. The predicted octanol–water partition coefficient (Wildman–Crippen LogP) is 9.72. The van der Waals surface area contributed by atoms with Crippen LogP contribution in [0.5, 0.6) is 0 Å². The van der Waals surface area contributed by atoms with Gasteiger partial charge in [0.25, 0.3) is 0 Å². The normalized spacial score (nSPS) is 11.5. The van der Waals surface area contributed by atoms with Crippen molar-refractivity contribution in [2.75, 3.05) is 13.2 Å². The van der Waals surface area contributed by atoms with Crippen molar-refractivity contribution in [2.24, 2.45) is 5.41 Å². The zero-order chi connectivity index (χ0) is 26.0. The molecule has 0 fully saturated rings. The fourth-order valence-electron chi connectivity index (χ4n) is 4.17. The van der Waals surface area contributed by atoms with Crippen LogP contribution in [0.25, 0.3) is 0 Å². The third kappa shape index (κ3) is 29.1. The van der Waals surface area contributed by atoms with Gasteiger partial charge >= 0.3 is 11.9 Å². The van der Waals surface area contributed by atoms with Gasteiger partial charge in [-0.3, -0.25) is 9.59 Å². The van der Waals surface area contributed by atoms with Gasteiger partial charge in [-0.05, 0) is 24.7 Å². The quantitative estimate of drug-likeness (QED) is 0.0932. The average Bonchev–Trinajstić information content (AvgIpc) is 2.81. The van der Waals surface area contributed by atoms with Crippen LogP contribution in [0.2, 0.25) is 0 Å². The molecule has 0 atom stereocenters. The number of rotatable bonds is 25. The van der Waals surface area contributed by atoms with Crippen molar-refractivity contribution in [2.45, 2.75) is 169 Å². The minimum absolute atomic E-state index is 0.0307. The minimum Gasteiger partial charge on any atom is -0.466 e. The molecule has 208 valence electrons. The number of ether oxygens (including phenoxy) is 2. The van der Waals surface area contributed by atoms with Gasteiger partial charge in [0, 0.05) is 12.8 Å². The molecular formula is C31H60O4. The molecule has 0 bridgehead atoms. The van der Waals surface area contributed by atoms with Crippen molar-refractivity contribution in [3.63, 3.8) is 0 Å². The molecule has 0 aromatic heterocycles. The summed E-state index contributed by atoms with van der Waals surface area (Å²) in [5.74, 6) is -0.122. The Hall–Kier alpha value is -1.06. The third-order valence-corrected chi connectivity index (χ3v) is 6.44. The lowest BCUT2D eigenvalue weighted by atomic mass is 9.99. The first kappa shape index (κ1) is 33.9. The highest BCUT2D eigenvalue weighted by molar-refractivity contribution is 5.69. The molecule has 35 heavy (non-hydrogen) atoms. The maximum Gasteiger partial charge on any atom is 0.305 e. The maximum atomic E-state index is 11.8. The summed E-state index contributed by atoms with van der Waals surface area (Å²) >= 11 is 0. The smallest absolute Gasteiger partial charge is 0.305 e. The maximum absolute atomic E-state index is 11.8. The van der Waals surface area contributed by atoms with Gasteiger partial charge in [0.05, 0.1) is 13.2 Å². The van der Waals surface area contributed by atoms with Gasteiger partial charge in [0.1, 0.15) is 0 Å². The lowest BCUT2D eigenvalue weighted by molar-refractivity contribution is -0.146. The van der Waals surface area contributed by atoms with Gasteiger partial charge in [-0.25, -0.2) is 0 Å². The molecule has 0 saturated carbocycles. The Morgan fingerprint density at radius 2 is 0.829 bits per heavy atom. The second-order valence-corrected chi connectivity index (χ2v) is 11.7. The Morgan fingerprint density at radius 3 is 1.23 bits per heavy atom. The summed E-state index contributed by atoms with van der Waals surface area (Å²) in [7, 11) is 0. The second kappa shape index (κ2) is 24.6. The summed E-state index contributed by atoms with van der Waals surface area (Å²) in [6.07, 6.45) is 25.9. The van der Waals surface area contributed by atoms with Crippen LogP contribution in [-0.2, 0) is 19.1 Å². The molecule has 0 aromatic carbocycles. The van der Waals surface area contributed by atoms with Crippen molar-refractivity contribution in [1.29, 1.82) is 0 Å². The number of hydrogen-bond donors (Lipinski definition) is 0. The third-order valence-electron chi connectivity index (χ3n) is 6.44. The van der Waals surface area contributed by atoms with E-state index < -0.39 is 0 Å². The Bertz CT molecular complexity index is 481. The van der Waals surface area contributed by atoms with Crippen LogP contribution in [0, 0.1) is 5.41 Å². The van der Waals surface area contributed by atoms with E-state index in [1.165, 1.54) is 83.5 Å². The number of unbranched alkanes of at least 4 members (excludes halogenated alkanes) is 18. The van der Waals surface area contributed by atoms with Crippen LogP contribution in [0.15, 0.2) is 0 Å². The number of carbonyl (C=O) groups is 2. The SMILES string of the molecule is CCCCCCCCCCCCCCCCOC(=O)CCCCCCCCC(=O)OCC(C)(C)C. The first-order chi connectivity index (χ1) is 16.8. The van der Waals surface area contributed by atoms with Crippen LogP contribution in [-0.4, -0.2) is 25.2 Å². The molecule has 0 spiro atoms. The molecule has 0 rings (SSSR count). The molecule has 0 aliphatic rings. The van der Waals surface area contributed by atoms with E-state index in [-0.39, 0.29) is 17.4 Å². The van der Waals surface area contributed by atoms with Crippen LogP contribution >= 0.6 is 0 Å². The molecule has 0 aliphatic heterocycles. The molecule has 0 aromatic rings. The van der Waals surface area contributed by atoms with Crippen molar-refractivity contribution in [3.05, 3.63) is 0 Å². The highest BCUT2D eigenvalue weighted by Crippen LogP contribution is 2.15. The topological polar surface area (TPSA) is 52.6 Å². The summed E-state index contributed by atoms with van der Waals surface area (Å²) in [6, 6.07) is 0. The largest absolute Gasteiger partial charge is 0.466 e. The Morgan fingerprint density at radius 1 is 0.486 bits per heavy atom. The van der Waals surface area contributed by atoms with Gasteiger partial charge in [-0.1, -0.05) is 137 Å². The van der Waals surface area contributed by atoms with Gasteiger partial charge in [-0.2, -0.15) is 0 Å². The highest BCUT2D eigenvalue weighted by Gasteiger charge is 2.13. The van der Waals surface area contributed by atoms with E-state index in [4.69, 9.17) is 9.47 Å². The minimum atomic E-state index is -0.0820. The summed E-state index contributed by atoms with van der Waals surface area (Å²) in [5, 5.41) is 0. The predicted molar refractivity (Wildman–Crippen MR) is 149 cm³/mol. The van der Waals surface area contributed by atoms with E-state index in [0.29, 0.717) is 26.1 Å². The van der Waals surface area contributed by atoms with Gasteiger partial charge < -0.3 is 9.47 Å². The second-order valence-electron chi connectivity index (χ2n) is 11.7. The molecule has 0 saturated heterocycles. The van der Waals surface area contributed by atoms with Crippen molar-refractivity contribution < 1.29 is 19.1 Å².